The molecule has 0 aliphatic carbocycles. The van der Waals surface area contributed by atoms with Crippen LogP contribution in [-0.4, -0.2) is 55.1 Å². The summed E-state index contributed by atoms with van der Waals surface area (Å²) in [5.74, 6) is 0.882. The summed E-state index contributed by atoms with van der Waals surface area (Å²) in [5.41, 5.74) is 1.11. The average Bonchev–Trinajstić information content (AvgIpc) is 2.59. The largest absolute Gasteiger partial charge is 0.356 e. The van der Waals surface area contributed by atoms with Crippen molar-refractivity contribution in [1.82, 2.24) is 20.5 Å². The van der Waals surface area contributed by atoms with Crippen LogP contribution in [0.15, 0.2) is 29.4 Å². The molecule has 1 atom stereocenters. The average molecular weight is 317 g/mol. The summed E-state index contributed by atoms with van der Waals surface area (Å²) >= 11 is 0. The SMILES string of the molecule is CN=C(NCCCN1CCCCC1C)NCCc1ccccn1. The maximum absolute atomic E-state index is 4.33. The maximum Gasteiger partial charge on any atom is 0.190 e. The lowest BCUT2D eigenvalue weighted by atomic mass is 10.0. The van der Waals surface area contributed by atoms with Gasteiger partial charge in [0.2, 0.25) is 0 Å². The number of guanidine groups is 1. The van der Waals surface area contributed by atoms with Crippen LogP contribution in [0.5, 0.6) is 0 Å². The smallest absolute Gasteiger partial charge is 0.190 e. The van der Waals surface area contributed by atoms with Crippen LogP contribution in [-0.2, 0) is 6.42 Å². The van der Waals surface area contributed by atoms with Gasteiger partial charge >= 0.3 is 0 Å². The number of aliphatic imine (C=N–C) groups is 1. The Morgan fingerprint density at radius 2 is 2.17 bits per heavy atom. The highest BCUT2D eigenvalue weighted by atomic mass is 15.2. The zero-order valence-corrected chi connectivity index (χ0v) is 14.6. The van der Waals surface area contributed by atoms with E-state index in [4.69, 9.17) is 0 Å². The van der Waals surface area contributed by atoms with E-state index in [1.165, 1.54) is 32.4 Å². The molecule has 0 radical (unpaired) electrons. The van der Waals surface area contributed by atoms with Gasteiger partial charge in [-0.05, 0) is 44.9 Å². The standard InChI is InChI=1S/C18H31N5/c1-16-8-4-6-14-23(16)15-7-12-21-18(19-2)22-13-10-17-9-3-5-11-20-17/h3,5,9,11,16H,4,6-8,10,12-15H2,1-2H3,(H2,19,21,22). The molecule has 1 unspecified atom stereocenters. The van der Waals surface area contributed by atoms with Crippen molar-refractivity contribution in [2.24, 2.45) is 4.99 Å². The second kappa shape index (κ2) is 10.2. The first kappa shape index (κ1) is 17.7. The van der Waals surface area contributed by atoms with Gasteiger partial charge < -0.3 is 15.5 Å². The fourth-order valence-electron chi connectivity index (χ4n) is 3.05. The molecule has 1 aliphatic rings. The number of hydrogen-bond acceptors (Lipinski definition) is 3. The molecule has 0 bridgehead atoms. The minimum Gasteiger partial charge on any atom is -0.356 e. The number of pyridine rings is 1. The molecule has 0 aromatic carbocycles. The van der Waals surface area contributed by atoms with Gasteiger partial charge in [0.1, 0.15) is 0 Å². The van der Waals surface area contributed by atoms with Crippen LogP contribution < -0.4 is 10.6 Å². The Labute approximate surface area is 140 Å². The molecule has 128 valence electrons. The third-order valence-electron chi connectivity index (χ3n) is 4.48. The summed E-state index contributed by atoms with van der Waals surface area (Å²) in [6.45, 7) is 6.61. The van der Waals surface area contributed by atoms with Gasteiger partial charge in [-0.15, -0.1) is 0 Å². The Bertz CT molecular complexity index is 460. The first-order chi connectivity index (χ1) is 11.3. The van der Waals surface area contributed by atoms with Gasteiger partial charge in [-0.25, -0.2) is 0 Å². The molecule has 0 amide bonds. The molecule has 0 spiro atoms. The van der Waals surface area contributed by atoms with Crippen LogP contribution in [0.3, 0.4) is 0 Å². The molecule has 1 aromatic rings. The van der Waals surface area contributed by atoms with Gasteiger partial charge in [0.25, 0.3) is 0 Å². The zero-order chi connectivity index (χ0) is 16.3. The topological polar surface area (TPSA) is 52.6 Å². The van der Waals surface area contributed by atoms with Crippen molar-refractivity contribution in [3.63, 3.8) is 0 Å². The molecule has 2 heterocycles. The van der Waals surface area contributed by atoms with Gasteiger partial charge in [-0.1, -0.05) is 12.5 Å². The minimum atomic E-state index is 0.750. The summed E-state index contributed by atoms with van der Waals surface area (Å²) in [5, 5.41) is 6.75. The van der Waals surface area contributed by atoms with Crippen LogP contribution in [0.4, 0.5) is 0 Å². The Morgan fingerprint density at radius 1 is 1.30 bits per heavy atom. The highest BCUT2D eigenvalue weighted by Gasteiger charge is 2.16. The third kappa shape index (κ3) is 6.57. The van der Waals surface area contributed by atoms with Crippen LogP contribution in [0, 0.1) is 0 Å². The molecular formula is C18H31N5. The first-order valence-electron chi connectivity index (χ1n) is 8.88. The van der Waals surface area contributed by atoms with E-state index in [0.717, 1.165) is 43.6 Å². The number of nitrogens with zero attached hydrogens (tertiary/aromatic N) is 3. The van der Waals surface area contributed by atoms with Crippen molar-refractivity contribution in [2.75, 3.05) is 33.2 Å². The predicted molar refractivity (Wildman–Crippen MR) is 96.8 cm³/mol. The molecule has 1 fully saturated rings. The van der Waals surface area contributed by atoms with Crippen LogP contribution in [0.25, 0.3) is 0 Å². The lowest BCUT2D eigenvalue weighted by Crippen LogP contribution is -2.41. The highest BCUT2D eigenvalue weighted by molar-refractivity contribution is 5.79. The number of piperidine rings is 1. The zero-order valence-electron chi connectivity index (χ0n) is 14.6. The van der Waals surface area contributed by atoms with E-state index in [9.17, 15) is 0 Å². The minimum absolute atomic E-state index is 0.750. The van der Waals surface area contributed by atoms with E-state index >= 15 is 0 Å². The first-order valence-corrected chi connectivity index (χ1v) is 8.88. The van der Waals surface area contributed by atoms with Crippen molar-refractivity contribution < 1.29 is 0 Å². The Hall–Kier alpha value is -1.62. The van der Waals surface area contributed by atoms with Crippen molar-refractivity contribution in [3.05, 3.63) is 30.1 Å². The lowest BCUT2D eigenvalue weighted by Gasteiger charge is -2.33. The molecule has 23 heavy (non-hydrogen) atoms. The Balaban J connectivity index is 1.57. The normalized spacial score (nSPS) is 19.6. The predicted octanol–water partition coefficient (Wildman–Crippen LogP) is 2.05. The van der Waals surface area contributed by atoms with E-state index in [1.807, 2.05) is 25.4 Å². The molecular weight excluding hydrogens is 286 g/mol. The third-order valence-corrected chi connectivity index (χ3v) is 4.48. The van der Waals surface area contributed by atoms with Gasteiger partial charge in [0, 0.05) is 51.0 Å². The van der Waals surface area contributed by atoms with Crippen molar-refractivity contribution in [3.8, 4) is 0 Å². The maximum atomic E-state index is 4.33. The van der Waals surface area contributed by atoms with Crippen molar-refractivity contribution >= 4 is 5.96 Å². The van der Waals surface area contributed by atoms with E-state index in [0.29, 0.717) is 0 Å². The van der Waals surface area contributed by atoms with Crippen LogP contribution >= 0.6 is 0 Å². The summed E-state index contributed by atoms with van der Waals surface area (Å²) in [6, 6.07) is 6.77. The van der Waals surface area contributed by atoms with Crippen molar-refractivity contribution in [1.29, 1.82) is 0 Å². The van der Waals surface area contributed by atoms with E-state index in [1.54, 1.807) is 0 Å². The fourth-order valence-corrected chi connectivity index (χ4v) is 3.05. The number of rotatable bonds is 7. The molecule has 1 aliphatic heterocycles. The Morgan fingerprint density at radius 3 is 2.91 bits per heavy atom. The summed E-state index contributed by atoms with van der Waals surface area (Å²) in [4.78, 5) is 11.2. The summed E-state index contributed by atoms with van der Waals surface area (Å²) < 4.78 is 0. The molecule has 5 nitrogen and oxygen atoms in total. The number of aromatic nitrogens is 1. The quantitative estimate of drug-likeness (QED) is 0.459. The van der Waals surface area contributed by atoms with Crippen molar-refractivity contribution in [2.45, 2.75) is 45.1 Å². The van der Waals surface area contributed by atoms with Crippen LogP contribution in [0.2, 0.25) is 0 Å². The van der Waals surface area contributed by atoms with E-state index in [2.05, 4.69) is 38.5 Å². The molecule has 1 saturated heterocycles. The number of nitrogens with one attached hydrogen (secondary N) is 2. The molecule has 2 rings (SSSR count). The molecule has 1 aromatic heterocycles. The molecule has 5 heteroatoms. The van der Waals surface area contributed by atoms with Gasteiger partial charge in [-0.2, -0.15) is 0 Å². The second-order valence-electron chi connectivity index (χ2n) is 6.23. The Kier molecular flexibility index (Phi) is 7.87. The summed E-state index contributed by atoms with van der Waals surface area (Å²) in [6.07, 6.45) is 8.00. The van der Waals surface area contributed by atoms with E-state index < -0.39 is 0 Å². The second-order valence-corrected chi connectivity index (χ2v) is 6.23. The molecule has 2 N–H and O–H groups in total. The number of hydrogen-bond donors (Lipinski definition) is 2. The van der Waals surface area contributed by atoms with Gasteiger partial charge in [0.05, 0.1) is 0 Å². The van der Waals surface area contributed by atoms with Crippen LogP contribution in [0.1, 0.15) is 38.3 Å². The van der Waals surface area contributed by atoms with Gasteiger partial charge in [0.15, 0.2) is 5.96 Å². The fraction of sp³-hybridized carbons (Fsp3) is 0.667. The number of likely N-dealkylation sites (tertiary alicyclic amines) is 1. The lowest BCUT2D eigenvalue weighted by molar-refractivity contribution is 0.159. The summed E-state index contributed by atoms with van der Waals surface area (Å²) in [7, 11) is 1.82. The molecule has 0 saturated carbocycles. The van der Waals surface area contributed by atoms with Gasteiger partial charge in [-0.3, -0.25) is 9.98 Å². The van der Waals surface area contributed by atoms with E-state index in [-0.39, 0.29) is 0 Å². The monoisotopic (exact) mass is 317 g/mol. The highest BCUT2D eigenvalue weighted by Crippen LogP contribution is 2.15.